The highest BCUT2D eigenvalue weighted by Crippen LogP contribution is 2.27. The Balaban J connectivity index is 1.87. The van der Waals surface area contributed by atoms with E-state index in [1.54, 1.807) is 18.2 Å². The van der Waals surface area contributed by atoms with Crippen LogP contribution in [0.15, 0.2) is 23.3 Å². The van der Waals surface area contributed by atoms with Gasteiger partial charge in [-0.3, -0.25) is 9.69 Å². The van der Waals surface area contributed by atoms with Crippen LogP contribution in [0.4, 0.5) is 0 Å². The summed E-state index contributed by atoms with van der Waals surface area (Å²) in [6.07, 6.45) is 1.47. The standard InChI is InChI=1S/C16H21N3O6/c1-23-14-8-12(2-3-13(14)25-11-16(21)22)9-17-18-15(20)10-19-4-6-24-7-5-19/h2-3,8-9H,4-7,10-11H2,1H3,(H,18,20)(H,21,22)/b17-9+. The van der Waals surface area contributed by atoms with Gasteiger partial charge in [-0.05, 0) is 23.8 Å². The third-order valence-electron chi connectivity index (χ3n) is 3.41. The third kappa shape index (κ3) is 6.40. The van der Waals surface area contributed by atoms with Crippen LogP contribution in [0.3, 0.4) is 0 Å². The molecule has 2 N–H and O–H groups in total. The minimum absolute atomic E-state index is 0.202. The maximum atomic E-state index is 11.8. The number of carbonyl (C=O) groups is 2. The van der Waals surface area contributed by atoms with Crippen LogP contribution in [0.2, 0.25) is 0 Å². The van der Waals surface area contributed by atoms with Gasteiger partial charge in [-0.15, -0.1) is 0 Å². The Bertz CT molecular complexity index is 628. The number of benzene rings is 1. The Kier molecular flexibility index (Phi) is 7.17. The summed E-state index contributed by atoms with van der Waals surface area (Å²) in [5.41, 5.74) is 3.14. The molecule has 1 aliphatic rings. The summed E-state index contributed by atoms with van der Waals surface area (Å²) >= 11 is 0. The van der Waals surface area contributed by atoms with Crippen molar-refractivity contribution in [3.63, 3.8) is 0 Å². The van der Waals surface area contributed by atoms with E-state index in [1.165, 1.54) is 13.3 Å². The normalized spacial score (nSPS) is 15.1. The van der Waals surface area contributed by atoms with E-state index in [1.807, 2.05) is 4.90 Å². The van der Waals surface area contributed by atoms with Crippen molar-refractivity contribution in [1.82, 2.24) is 10.3 Å². The molecule has 1 amide bonds. The van der Waals surface area contributed by atoms with Gasteiger partial charge >= 0.3 is 5.97 Å². The number of aliphatic carboxylic acids is 1. The first-order valence-electron chi connectivity index (χ1n) is 7.73. The average molecular weight is 351 g/mol. The number of carboxylic acids is 1. The number of hydrogen-bond donors (Lipinski definition) is 2. The molecule has 1 aliphatic heterocycles. The van der Waals surface area contributed by atoms with Crippen LogP contribution >= 0.6 is 0 Å². The zero-order valence-corrected chi connectivity index (χ0v) is 13.9. The number of ether oxygens (including phenoxy) is 3. The summed E-state index contributed by atoms with van der Waals surface area (Å²) in [5, 5.41) is 12.6. The molecule has 25 heavy (non-hydrogen) atoms. The number of hydrazone groups is 1. The summed E-state index contributed by atoms with van der Waals surface area (Å²) in [7, 11) is 1.45. The van der Waals surface area contributed by atoms with E-state index in [9.17, 15) is 9.59 Å². The Labute approximate surface area is 145 Å². The van der Waals surface area contributed by atoms with Crippen LogP contribution in [0.1, 0.15) is 5.56 Å². The highest BCUT2D eigenvalue weighted by atomic mass is 16.5. The van der Waals surface area contributed by atoms with E-state index in [-0.39, 0.29) is 12.5 Å². The summed E-state index contributed by atoms with van der Waals surface area (Å²) in [4.78, 5) is 24.4. The molecule has 0 bridgehead atoms. The van der Waals surface area contributed by atoms with E-state index in [2.05, 4.69) is 10.5 Å². The molecule has 1 aromatic rings. The van der Waals surface area contributed by atoms with Gasteiger partial charge in [0.2, 0.25) is 0 Å². The van der Waals surface area contributed by atoms with Crippen molar-refractivity contribution in [2.24, 2.45) is 5.10 Å². The number of morpholine rings is 1. The second-order valence-corrected chi connectivity index (χ2v) is 5.27. The average Bonchev–Trinajstić information content (AvgIpc) is 2.61. The van der Waals surface area contributed by atoms with Crippen LogP contribution < -0.4 is 14.9 Å². The van der Waals surface area contributed by atoms with E-state index in [0.29, 0.717) is 30.3 Å². The van der Waals surface area contributed by atoms with Gasteiger partial charge in [0.15, 0.2) is 18.1 Å². The highest BCUT2D eigenvalue weighted by Gasteiger charge is 2.13. The Hall–Kier alpha value is -2.65. The Morgan fingerprint density at radius 3 is 2.80 bits per heavy atom. The molecule has 2 rings (SSSR count). The van der Waals surface area contributed by atoms with E-state index in [4.69, 9.17) is 19.3 Å². The molecule has 9 nitrogen and oxygen atoms in total. The number of nitrogens with zero attached hydrogens (tertiary/aromatic N) is 2. The van der Waals surface area contributed by atoms with Gasteiger partial charge in [0.25, 0.3) is 5.91 Å². The number of amides is 1. The molecule has 0 spiro atoms. The number of methoxy groups -OCH3 is 1. The predicted molar refractivity (Wildman–Crippen MR) is 89.1 cm³/mol. The predicted octanol–water partition coefficient (Wildman–Crippen LogP) is -0.0591. The number of carboxylic acid groups (broad SMARTS) is 1. The zero-order chi connectivity index (χ0) is 18.1. The number of hydrogen-bond acceptors (Lipinski definition) is 7. The molecule has 1 aromatic carbocycles. The first-order valence-corrected chi connectivity index (χ1v) is 7.73. The smallest absolute Gasteiger partial charge is 0.341 e. The molecule has 0 saturated carbocycles. The molecule has 0 unspecified atom stereocenters. The van der Waals surface area contributed by atoms with Gasteiger partial charge < -0.3 is 19.3 Å². The van der Waals surface area contributed by atoms with Crippen molar-refractivity contribution < 1.29 is 28.9 Å². The van der Waals surface area contributed by atoms with E-state index in [0.717, 1.165) is 13.1 Å². The first-order chi connectivity index (χ1) is 12.1. The molecule has 0 aliphatic carbocycles. The fourth-order valence-electron chi connectivity index (χ4n) is 2.20. The first kappa shape index (κ1) is 18.7. The lowest BCUT2D eigenvalue weighted by Gasteiger charge is -2.25. The summed E-state index contributed by atoms with van der Waals surface area (Å²) in [5.74, 6) is -0.578. The zero-order valence-electron chi connectivity index (χ0n) is 13.9. The number of carbonyl (C=O) groups excluding carboxylic acids is 1. The minimum Gasteiger partial charge on any atom is -0.493 e. The van der Waals surface area contributed by atoms with Crippen molar-refractivity contribution in [1.29, 1.82) is 0 Å². The lowest BCUT2D eigenvalue weighted by atomic mass is 10.2. The molecular weight excluding hydrogens is 330 g/mol. The molecule has 0 radical (unpaired) electrons. The van der Waals surface area contributed by atoms with Crippen molar-refractivity contribution in [3.8, 4) is 11.5 Å². The number of rotatable bonds is 8. The lowest BCUT2D eigenvalue weighted by Crippen LogP contribution is -2.42. The molecule has 0 aromatic heterocycles. The molecular formula is C16H21N3O6. The van der Waals surface area contributed by atoms with Crippen molar-refractivity contribution in [2.75, 3.05) is 46.6 Å². The topological polar surface area (TPSA) is 110 Å². The molecule has 136 valence electrons. The molecule has 1 saturated heterocycles. The maximum Gasteiger partial charge on any atom is 0.341 e. The van der Waals surface area contributed by atoms with Gasteiger partial charge in [0, 0.05) is 13.1 Å². The van der Waals surface area contributed by atoms with E-state index < -0.39 is 12.6 Å². The second kappa shape index (κ2) is 9.60. The summed E-state index contributed by atoms with van der Waals surface area (Å²) in [6.45, 7) is 2.53. The Morgan fingerprint density at radius 1 is 1.36 bits per heavy atom. The second-order valence-electron chi connectivity index (χ2n) is 5.27. The quantitative estimate of drug-likeness (QED) is 0.499. The monoisotopic (exact) mass is 351 g/mol. The van der Waals surface area contributed by atoms with Crippen molar-refractivity contribution in [3.05, 3.63) is 23.8 Å². The molecule has 0 atom stereocenters. The molecule has 9 heteroatoms. The van der Waals surface area contributed by atoms with Gasteiger partial charge in [0.05, 0.1) is 33.1 Å². The summed E-state index contributed by atoms with van der Waals surface area (Å²) < 4.78 is 15.5. The van der Waals surface area contributed by atoms with Crippen LogP contribution in [0.5, 0.6) is 11.5 Å². The van der Waals surface area contributed by atoms with Crippen LogP contribution in [0, 0.1) is 0 Å². The number of nitrogens with one attached hydrogen (secondary N) is 1. The largest absolute Gasteiger partial charge is 0.493 e. The fraction of sp³-hybridized carbons (Fsp3) is 0.438. The van der Waals surface area contributed by atoms with Crippen LogP contribution in [-0.2, 0) is 14.3 Å². The van der Waals surface area contributed by atoms with Crippen LogP contribution in [-0.4, -0.2) is 74.7 Å². The van der Waals surface area contributed by atoms with Crippen LogP contribution in [0.25, 0.3) is 0 Å². The van der Waals surface area contributed by atoms with Gasteiger partial charge in [-0.25, -0.2) is 10.2 Å². The van der Waals surface area contributed by atoms with Crippen molar-refractivity contribution >= 4 is 18.1 Å². The Morgan fingerprint density at radius 2 is 2.12 bits per heavy atom. The third-order valence-corrected chi connectivity index (χ3v) is 3.41. The highest BCUT2D eigenvalue weighted by molar-refractivity contribution is 5.84. The van der Waals surface area contributed by atoms with Gasteiger partial charge in [-0.1, -0.05) is 0 Å². The van der Waals surface area contributed by atoms with Gasteiger partial charge in [0.1, 0.15) is 0 Å². The molecule has 1 fully saturated rings. The molecule has 1 heterocycles. The minimum atomic E-state index is -1.07. The van der Waals surface area contributed by atoms with Gasteiger partial charge in [-0.2, -0.15) is 5.10 Å². The summed E-state index contributed by atoms with van der Waals surface area (Å²) in [6, 6.07) is 4.89. The lowest BCUT2D eigenvalue weighted by molar-refractivity contribution is -0.139. The SMILES string of the molecule is COc1cc(/C=N/NC(=O)CN2CCOCC2)ccc1OCC(=O)O. The van der Waals surface area contributed by atoms with E-state index >= 15 is 0 Å². The fourth-order valence-corrected chi connectivity index (χ4v) is 2.20. The maximum absolute atomic E-state index is 11.8. The van der Waals surface area contributed by atoms with Crippen molar-refractivity contribution in [2.45, 2.75) is 0 Å².